The molecule has 4 rings (SSSR count). The Morgan fingerprint density at radius 1 is 1.38 bits per heavy atom. The molecule has 0 unspecified atom stereocenters. The van der Waals surface area contributed by atoms with E-state index in [1.54, 1.807) is 17.1 Å². The molecule has 2 aromatic heterocycles. The Kier molecular flexibility index (Phi) is 4.31. The molecule has 0 saturated heterocycles. The molecule has 0 fully saturated rings. The maximum atomic E-state index is 12.8. The quantitative estimate of drug-likeness (QED) is 0.760. The van der Waals surface area contributed by atoms with Gasteiger partial charge in [0.05, 0.1) is 18.1 Å². The van der Waals surface area contributed by atoms with Gasteiger partial charge in [0, 0.05) is 10.6 Å². The Labute approximate surface area is 155 Å². The number of hydrogen-bond acceptors (Lipinski definition) is 4. The highest BCUT2D eigenvalue weighted by Crippen LogP contribution is 2.39. The molecular formula is C20H18N4OS. The zero-order chi connectivity index (χ0) is 18.1. The van der Waals surface area contributed by atoms with Crippen LogP contribution in [-0.4, -0.2) is 15.5 Å². The van der Waals surface area contributed by atoms with Crippen molar-refractivity contribution in [2.45, 2.75) is 26.2 Å². The summed E-state index contributed by atoms with van der Waals surface area (Å²) in [7, 11) is 0. The summed E-state index contributed by atoms with van der Waals surface area (Å²) in [6.07, 6.45) is 6.15. The second-order valence-electron chi connectivity index (χ2n) is 6.61. The SMILES string of the molecule is C[C@H]1CCc2c(sc(NC(=O)c3cncn3-c3ccccc3)c2C#N)C1. The van der Waals surface area contributed by atoms with Gasteiger partial charge in [0.15, 0.2) is 0 Å². The van der Waals surface area contributed by atoms with E-state index in [-0.39, 0.29) is 5.91 Å². The van der Waals surface area contributed by atoms with Crippen molar-refractivity contribution in [2.24, 2.45) is 5.92 Å². The van der Waals surface area contributed by atoms with Gasteiger partial charge in [-0.1, -0.05) is 25.1 Å². The molecule has 6 heteroatoms. The number of nitrogens with one attached hydrogen (secondary N) is 1. The monoisotopic (exact) mass is 362 g/mol. The predicted octanol–water partition coefficient (Wildman–Crippen LogP) is 4.18. The van der Waals surface area contributed by atoms with Gasteiger partial charge in [0.25, 0.3) is 5.91 Å². The number of nitriles is 1. The first-order chi connectivity index (χ1) is 12.7. The number of para-hydroxylation sites is 1. The van der Waals surface area contributed by atoms with Crippen LogP contribution >= 0.6 is 11.3 Å². The largest absolute Gasteiger partial charge is 0.311 e. The van der Waals surface area contributed by atoms with Crippen molar-refractivity contribution in [1.82, 2.24) is 9.55 Å². The van der Waals surface area contributed by atoms with Crippen molar-refractivity contribution in [3.05, 3.63) is 64.6 Å². The van der Waals surface area contributed by atoms with E-state index in [1.807, 2.05) is 30.3 Å². The predicted molar refractivity (Wildman–Crippen MR) is 102 cm³/mol. The Morgan fingerprint density at radius 2 is 2.19 bits per heavy atom. The minimum absolute atomic E-state index is 0.255. The molecule has 2 heterocycles. The van der Waals surface area contributed by atoms with Crippen LogP contribution in [0.1, 0.15) is 39.8 Å². The molecule has 0 bridgehead atoms. The smallest absolute Gasteiger partial charge is 0.274 e. The fourth-order valence-electron chi connectivity index (χ4n) is 3.38. The molecule has 1 atom stereocenters. The van der Waals surface area contributed by atoms with E-state index in [2.05, 4.69) is 23.3 Å². The number of carbonyl (C=O) groups is 1. The van der Waals surface area contributed by atoms with E-state index < -0.39 is 0 Å². The third-order valence-electron chi connectivity index (χ3n) is 4.76. The van der Waals surface area contributed by atoms with Gasteiger partial charge in [-0.05, 0) is 42.9 Å². The van der Waals surface area contributed by atoms with Crippen LogP contribution in [-0.2, 0) is 12.8 Å². The Balaban J connectivity index is 1.65. The van der Waals surface area contributed by atoms with Gasteiger partial charge in [-0.2, -0.15) is 5.26 Å². The van der Waals surface area contributed by atoms with E-state index in [9.17, 15) is 10.1 Å². The Morgan fingerprint density at radius 3 is 2.96 bits per heavy atom. The maximum absolute atomic E-state index is 12.8. The van der Waals surface area contributed by atoms with E-state index in [4.69, 9.17) is 0 Å². The molecule has 3 aromatic rings. The van der Waals surface area contributed by atoms with E-state index in [1.165, 1.54) is 16.2 Å². The highest BCUT2D eigenvalue weighted by atomic mass is 32.1. The van der Waals surface area contributed by atoms with Gasteiger partial charge < -0.3 is 5.32 Å². The lowest BCUT2D eigenvalue weighted by Gasteiger charge is -2.17. The minimum atomic E-state index is -0.255. The van der Waals surface area contributed by atoms with Gasteiger partial charge in [0.1, 0.15) is 16.8 Å². The second kappa shape index (κ2) is 6.77. The fourth-order valence-corrected chi connectivity index (χ4v) is 4.74. The first-order valence-corrected chi connectivity index (χ1v) is 9.42. The highest BCUT2D eigenvalue weighted by Gasteiger charge is 2.25. The number of imidazole rings is 1. The van der Waals surface area contributed by atoms with Crippen molar-refractivity contribution in [1.29, 1.82) is 5.26 Å². The molecule has 1 amide bonds. The van der Waals surface area contributed by atoms with Crippen molar-refractivity contribution in [3.63, 3.8) is 0 Å². The summed E-state index contributed by atoms with van der Waals surface area (Å²) in [6, 6.07) is 11.9. The van der Waals surface area contributed by atoms with E-state index in [0.29, 0.717) is 22.2 Å². The van der Waals surface area contributed by atoms with Gasteiger partial charge in [-0.3, -0.25) is 9.36 Å². The number of aromatic nitrogens is 2. The summed E-state index contributed by atoms with van der Waals surface area (Å²) in [4.78, 5) is 18.2. The third kappa shape index (κ3) is 2.91. The average molecular weight is 362 g/mol. The van der Waals surface area contributed by atoms with Crippen LogP contribution < -0.4 is 5.32 Å². The summed E-state index contributed by atoms with van der Waals surface area (Å²) in [5, 5.41) is 13.2. The summed E-state index contributed by atoms with van der Waals surface area (Å²) in [5.41, 5.74) is 3.05. The van der Waals surface area contributed by atoms with Crippen molar-refractivity contribution < 1.29 is 4.79 Å². The molecule has 130 valence electrons. The normalized spacial score (nSPS) is 15.9. The van der Waals surface area contributed by atoms with Gasteiger partial charge in [-0.15, -0.1) is 11.3 Å². The molecule has 26 heavy (non-hydrogen) atoms. The Bertz CT molecular complexity index is 997. The number of carbonyl (C=O) groups excluding carboxylic acids is 1. The van der Waals surface area contributed by atoms with Crippen LogP contribution in [0.3, 0.4) is 0 Å². The average Bonchev–Trinajstić information content (AvgIpc) is 3.26. The number of benzene rings is 1. The number of hydrogen-bond donors (Lipinski definition) is 1. The molecule has 1 aliphatic rings. The number of rotatable bonds is 3. The molecule has 0 aliphatic heterocycles. The van der Waals surface area contributed by atoms with E-state index >= 15 is 0 Å². The third-order valence-corrected chi connectivity index (χ3v) is 5.93. The number of nitrogens with zero attached hydrogens (tertiary/aromatic N) is 3. The van der Waals surface area contributed by atoms with Crippen molar-refractivity contribution in [3.8, 4) is 11.8 Å². The van der Waals surface area contributed by atoms with Gasteiger partial charge in [-0.25, -0.2) is 4.98 Å². The molecule has 5 nitrogen and oxygen atoms in total. The fraction of sp³-hybridized carbons (Fsp3) is 0.250. The second-order valence-corrected chi connectivity index (χ2v) is 7.71. The minimum Gasteiger partial charge on any atom is -0.311 e. The zero-order valence-electron chi connectivity index (χ0n) is 14.4. The van der Waals surface area contributed by atoms with Crippen LogP contribution in [0.2, 0.25) is 0 Å². The highest BCUT2D eigenvalue weighted by molar-refractivity contribution is 7.16. The first kappa shape index (κ1) is 16.6. The first-order valence-electron chi connectivity index (χ1n) is 8.61. The molecule has 0 saturated carbocycles. The van der Waals surface area contributed by atoms with Crippen LogP contribution in [0.25, 0.3) is 5.69 Å². The molecule has 1 aromatic carbocycles. The lowest BCUT2D eigenvalue weighted by atomic mass is 9.89. The number of thiophene rings is 1. The number of fused-ring (bicyclic) bond motifs is 1. The zero-order valence-corrected chi connectivity index (χ0v) is 15.2. The molecule has 1 aliphatic carbocycles. The van der Waals surface area contributed by atoms with Crippen molar-refractivity contribution >= 4 is 22.2 Å². The Hall–Kier alpha value is -2.91. The molecular weight excluding hydrogens is 344 g/mol. The topological polar surface area (TPSA) is 70.7 Å². The van der Waals surface area contributed by atoms with Crippen LogP contribution in [0.15, 0.2) is 42.9 Å². The molecule has 1 N–H and O–H groups in total. The molecule has 0 spiro atoms. The summed E-state index contributed by atoms with van der Waals surface area (Å²) >= 11 is 1.53. The van der Waals surface area contributed by atoms with Crippen LogP contribution in [0.4, 0.5) is 5.00 Å². The van der Waals surface area contributed by atoms with Gasteiger partial charge in [0.2, 0.25) is 0 Å². The van der Waals surface area contributed by atoms with Crippen LogP contribution in [0, 0.1) is 17.2 Å². The molecule has 0 radical (unpaired) electrons. The van der Waals surface area contributed by atoms with Gasteiger partial charge >= 0.3 is 0 Å². The summed E-state index contributed by atoms with van der Waals surface area (Å²) < 4.78 is 1.75. The maximum Gasteiger partial charge on any atom is 0.274 e. The summed E-state index contributed by atoms with van der Waals surface area (Å²) in [6.45, 7) is 2.23. The van der Waals surface area contributed by atoms with Crippen LogP contribution in [0.5, 0.6) is 0 Å². The number of amides is 1. The number of anilines is 1. The summed E-state index contributed by atoms with van der Waals surface area (Å²) in [5.74, 6) is 0.366. The van der Waals surface area contributed by atoms with Crippen molar-refractivity contribution in [2.75, 3.05) is 5.32 Å². The standard InChI is InChI=1S/C20H18N4OS/c1-13-7-8-15-16(10-21)20(26-18(15)9-13)23-19(25)17-11-22-12-24(17)14-5-3-2-4-6-14/h2-6,11-13H,7-9H2,1H3,(H,23,25)/t13-/m0/s1. The lowest BCUT2D eigenvalue weighted by Crippen LogP contribution is -2.16. The lowest BCUT2D eigenvalue weighted by molar-refractivity contribution is 0.102. The van der Waals surface area contributed by atoms with E-state index in [0.717, 1.165) is 30.5 Å².